The molecule has 1 atom stereocenters. The van der Waals surface area contributed by atoms with Crippen LogP contribution in [0.25, 0.3) is 0 Å². The van der Waals surface area contributed by atoms with Gasteiger partial charge in [-0.25, -0.2) is 0 Å². The summed E-state index contributed by atoms with van der Waals surface area (Å²) in [6.45, 7) is 1.27. The van der Waals surface area contributed by atoms with Crippen LogP contribution in [0.5, 0.6) is 0 Å². The van der Waals surface area contributed by atoms with E-state index in [-0.39, 0.29) is 6.04 Å². The van der Waals surface area contributed by atoms with Crippen molar-refractivity contribution in [3.8, 4) is 0 Å². The average molecular weight is 383 g/mol. The number of guanidine groups is 1. The van der Waals surface area contributed by atoms with Gasteiger partial charge < -0.3 is 15.5 Å². The maximum Gasteiger partial charge on any atom is 0.191 e. The van der Waals surface area contributed by atoms with Crippen molar-refractivity contribution in [2.45, 2.75) is 12.6 Å². The zero-order chi connectivity index (χ0) is 18.4. The molecule has 0 amide bonds. The van der Waals surface area contributed by atoms with Gasteiger partial charge >= 0.3 is 0 Å². The van der Waals surface area contributed by atoms with Crippen LogP contribution < -0.4 is 10.6 Å². The largest absolute Gasteiger partial charge is 0.354 e. The van der Waals surface area contributed by atoms with Gasteiger partial charge in [-0.1, -0.05) is 29.3 Å². The van der Waals surface area contributed by atoms with E-state index in [1.807, 2.05) is 45.7 Å². The molecule has 6 nitrogen and oxygen atoms in total. The standard InChI is InChI=1S/C17H24Cl2N6/c1-20-17(21-8-12-5-6-14(18)7-15(12)19)22-10-16(24(2)3)13-9-23-25(4)11-13/h5-7,9,11,16H,8,10H2,1-4H3,(H2,20,21,22). The van der Waals surface area contributed by atoms with Gasteiger partial charge in [0.2, 0.25) is 0 Å². The van der Waals surface area contributed by atoms with E-state index in [0.29, 0.717) is 29.1 Å². The van der Waals surface area contributed by atoms with Crippen LogP contribution in [0.3, 0.4) is 0 Å². The van der Waals surface area contributed by atoms with Gasteiger partial charge in [-0.3, -0.25) is 9.67 Å². The minimum Gasteiger partial charge on any atom is -0.354 e. The lowest BCUT2D eigenvalue weighted by molar-refractivity contribution is 0.298. The first kappa shape index (κ1) is 19.6. The minimum atomic E-state index is 0.186. The number of aliphatic imine (C=N–C) groups is 1. The molecule has 2 N–H and O–H groups in total. The zero-order valence-electron chi connectivity index (χ0n) is 14.9. The number of rotatable bonds is 6. The molecule has 2 aromatic rings. The Morgan fingerprint density at radius 1 is 1.32 bits per heavy atom. The van der Waals surface area contributed by atoms with Crippen molar-refractivity contribution in [3.05, 3.63) is 51.8 Å². The van der Waals surface area contributed by atoms with Crippen LogP contribution in [-0.4, -0.2) is 48.3 Å². The number of nitrogens with one attached hydrogen (secondary N) is 2. The Kier molecular flexibility index (Phi) is 7.11. The second-order valence-electron chi connectivity index (χ2n) is 5.97. The number of nitrogens with zero attached hydrogens (tertiary/aromatic N) is 4. The SMILES string of the molecule is CN=C(NCc1ccc(Cl)cc1Cl)NCC(c1cnn(C)c1)N(C)C. The van der Waals surface area contributed by atoms with Gasteiger partial charge in [-0.05, 0) is 31.8 Å². The van der Waals surface area contributed by atoms with Crippen LogP contribution >= 0.6 is 23.2 Å². The number of likely N-dealkylation sites (N-methyl/N-ethyl adjacent to an activating group) is 1. The lowest BCUT2D eigenvalue weighted by Crippen LogP contribution is -2.41. The van der Waals surface area contributed by atoms with Crippen LogP contribution in [0.1, 0.15) is 17.2 Å². The van der Waals surface area contributed by atoms with Crippen LogP contribution in [0, 0.1) is 0 Å². The van der Waals surface area contributed by atoms with Gasteiger partial charge in [-0.15, -0.1) is 0 Å². The number of aryl methyl sites for hydroxylation is 1. The van der Waals surface area contributed by atoms with Crippen molar-refractivity contribution in [1.29, 1.82) is 0 Å². The van der Waals surface area contributed by atoms with E-state index in [1.54, 1.807) is 17.8 Å². The topological polar surface area (TPSA) is 57.5 Å². The van der Waals surface area contributed by atoms with E-state index >= 15 is 0 Å². The first-order valence-corrected chi connectivity index (χ1v) is 8.69. The summed E-state index contributed by atoms with van der Waals surface area (Å²) in [4.78, 5) is 6.41. The van der Waals surface area contributed by atoms with Gasteiger partial charge in [0.25, 0.3) is 0 Å². The highest BCUT2D eigenvalue weighted by Crippen LogP contribution is 2.20. The zero-order valence-corrected chi connectivity index (χ0v) is 16.4. The fourth-order valence-electron chi connectivity index (χ4n) is 2.47. The molecule has 8 heteroatoms. The quantitative estimate of drug-likeness (QED) is 0.595. The molecule has 0 aliphatic carbocycles. The summed E-state index contributed by atoms with van der Waals surface area (Å²) in [5.41, 5.74) is 2.11. The maximum atomic E-state index is 6.21. The van der Waals surface area contributed by atoms with Gasteiger partial charge in [-0.2, -0.15) is 5.10 Å². The molecule has 0 fully saturated rings. The molecular formula is C17H24Cl2N6. The highest BCUT2D eigenvalue weighted by atomic mass is 35.5. The molecule has 1 heterocycles. The first-order valence-electron chi connectivity index (χ1n) is 7.94. The van der Waals surface area contributed by atoms with Crippen LogP contribution in [0.4, 0.5) is 0 Å². The summed E-state index contributed by atoms with van der Waals surface area (Å²) in [7, 11) is 7.75. The average Bonchev–Trinajstić information content (AvgIpc) is 2.98. The number of hydrogen-bond donors (Lipinski definition) is 2. The highest BCUT2D eigenvalue weighted by molar-refractivity contribution is 6.35. The molecular weight excluding hydrogens is 359 g/mol. The van der Waals surface area contributed by atoms with E-state index < -0.39 is 0 Å². The summed E-state index contributed by atoms with van der Waals surface area (Å²) in [6.07, 6.45) is 3.91. The molecule has 1 unspecified atom stereocenters. The Labute approximate surface area is 158 Å². The van der Waals surface area contributed by atoms with Crippen molar-refractivity contribution in [1.82, 2.24) is 25.3 Å². The van der Waals surface area contributed by atoms with E-state index in [4.69, 9.17) is 23.2 Å². The monoisotopic (exact) mass is 382 g/mol. The molecule has 0 radical (unpaired) electrons. The summed E-state index contributed by atoms with van der Waals surface area (Å²) >= 11 is 12.1. The van der Waals surface area contributed by atoms with Crippen LogP contribution in [0.15, 0.2) is 35.6 Å². The third-order valence-corrected chi connectivity index (χ3v) is 4.47. The third kappa shape index (κ3) is 5.63. The van der Waals surface area contributed by atoms with Crippen molar-refractivity contribution < 1.29 is 0 Å². The number of aromatic nitrogens is 2. The summed E-state index contributed by atoms with van der Waals surface area (Å²) < 4.78 is 1.81. The normalized spacial score (nSPS) is 13.2. The summed E-state index contributed by atoms with van der Waals surface area (Å²) in [5.74, 6) is 0.710. The molecule has 1 aromatic heterocycles. The number of halogens is 2. The second-order valence-corrected chi connectivity index (χ2v) is 6.81. The molecule has 0 spiro atoms. The Balaban J connectivity index is 1.94. The lowest BCUT2D eigenvalue weighted by atomic mass is 10.1. The minimum absolute atomic E-state index is 0.186. The summed E-state index contributed by atoms with van der Waals surface area (Å²) in [5, 5.41) is 12.1. The van der Waals surface area contributed by atoms with Gasteiger partial charge in [0.05, 0.1) is 12.2 Å². The smallest absolute Gasteiger partial charge is 0.191 e. The van der Waals surface area contributed by atoms with Gasteiger partial charge in [0, 0.05) is 49.0 Å². The van der Waals surface area contributed by atoms with Gasteiger partial charge in [0.1, 0.15) is 0 Å². The van der Waals surface area contributed by atoms with Crippen molar-refractivity contribution in [2.24, 2.45) is 12.0 Å². The second kappa shape index (κ2) is 9.08. The molecule has 0 saturated heterocycles. The first-order chi connectivity index (χ1) is 11.9. The molecule has 0 saturated carbocycles. The Bertz CT molecular complexity index is 726. The molecule has 2 rings (SSSR count). The molecule has 1 aromatic carbocycles. The van der Waals surface area contributed by atoms with Crippen molar-refractivity contribution >= 4 is 29.2 Å². The number of hydrogen-bond acceptors (Lipinski definition) is 3. The summed E-state index contributed by atoms with van der Waals surface area (Å²) in [6, 6.07) is 5.65. The fraction of sp³-hybridized carbons (Fsp3) is 0.412. The lowest BCUT2D eigenvalue weighted by Gasteiger charge is -2.24. The van der Waals surface area contributed by atoms with E-state index in [2.05, 4.69) is 25.6 Å². The van der Waals surface area contributed by atoms with Gasteiger partial charge in [0.15, 0.2) is 5.96 Å². The van der Waals surface area contributed by atoms with Crippen molar-refractivity contribution in [2.75, 3.05) is 27.7 Å². The molecule has 136 valence electrons. The number of benzene rings is 1. The molecule has 0 aliphatic heterocycles. The Morgan fingerprint density at radius 2 is 2.08 bits per heavy atom. The molecule has 0 aliphatic rings. The predicted molar refractivity (Wildman–Crippen MR) is 104 cm³/mol. The van der Waals surface area contributed by atoms with Crippen molar-refractivity contribution in [3.63, 3.8) is 0 Å². The fourth-order valence-corrected chi connectivity index (χ4v) is 2.94. The third-order valence-electron chi connectivity index (χ3n) is 3.88. The highest BCUT2D eigenvalue weighted by Gasteiger charge is 2.16. The van der Waals surface area contributed by atoms with Crippen LogP contribution in [-0.2, 0) is 13.6 Å². The molecule has 0 bridgehead atoms. The van der Waals surface area contributed by atoms with E-state index in [0.717, 1.165) is 11.1 Å². The maximum absolute atomic E-state index is 6.21. The van der Waals surface area contributed by atoms with E-state index in [1.165, 1.54) is 0 Å². The Morgan fingerprint density at radius 3 is 2.64 bits per heavy atom. The predicted octanol–water partition coefficient (Wildman–Crippen LogP) is 2.69. The van der Waals surface area contributed by atoms with E-state index in [9.17, 15) is 0 Å². The molecule has 25 heavy (non-hydrogen) atoms. The Hall–Kier alpha value is -1.76. The van der Waals surface area contributed by atoms with Crippen LogP contribution in [0.2, 0.25) is 10.0 Å².